The van der Waals surface area contributed by atoms with Gasteiger partial charge in [-0.15, -0.1) is 0 Å². The van der Waals surface area contributed by atoms with Gasteiger partial charge in [0.1, 0.15) is 0 Å². The summed E-state index contributed by atoms with van der Waals surface area (Å²) < 4.78 is 7.09. The fourth-order valence-electron chi connectivity index (χ4n) is 3.98. The van der Waals surface area contributed by atoms with Gasteiger partial charge in [-0.05, 0) is 31.9 Å². The Labute approximate surface area is 161 Å². The number of para-hydroxylation sites is 1. The van der Waals surface area contributed by atoms with Gasteiger partial charge in [-0.25, -0.2) is 0 Å². The minimum Gasteiger partial charge on any atom is -0.392 e. The first kappa shape index (κ1) is 19.9. The molecule has 0 saturated carbocycles. The molecule has 1 aliphatic heterocycles. The SMILES string of the molecule is COCCN(C)CC(O)C1CCN(C(=O)c2cn(C)c3ccccc23)CC1. The van der Waals surface area contributed by atoms with Crippen LogP contribution in [-0.4, -0.2) is 78.4 Å². The van der Waals surface area contributed by atoms with Gasteiger partial charge in [0.05, 0.1) is 18.3 Å². The molecular weight excluding hydrogens is 342 g/mol. The Morgan fingerprint density at radius 3 is 2.74 bits per heavy atom. The maximum atomic E-state index is 13.0. The van der Waals surface area contributed by atoms with E-state index in [0.717, 1.165) is 35.9 Å². The highest BCUT2D eigenvalue weighted by Crippen LogP contribution is 2.26. The van der Waals surface area contributed by atoms with E-state index >= 15 is 0 Å². The molecule has 148 valence electrons. The number of fused-ring (bicyclic) bond motifs is 1. The number of carbonyl (C=O) groups is 1. The van der Waals surface area contributed by atoms with E-state index in [9.17, 15) is 9.90 Å². The lowest BCUT2D eigenvalue weighted by atomic mass is 9.90. The largest absolute Gasteiger partial charge is 0.392 e. The van der Waals surface area contributed by atoms with Crippen molar-refractivity contribution in [2.75, 3.05) is 46.9 Å². The molecule has 6 heteroatoms. The number of carbonyl (C=O) groups excluding carboxylic acids is 1. The topological polar surface area (TPSA) is 57.9 Å². The van der Waals surface area contributed by atoms with Crippen molar-refractivity contribution in [1.82, 2.24) is 14.4 Å². The monoisotopic (exact) mass is 373 g/mol. The second-order valence-corrected chi connectivity index (χ2v) is 7.62. The molecule has 0 aliphatic carbocycles. The molecule has 0 bridgehead atoms. The van der Waals surface area contributed by atoms with Crippen LogP contribution in [0.5, 0.6) is 0 Å². The van der Waals surface area contributed by atoms with Gasteiger partial charge >= 0.3 is 0 Å². The van der Waals surface area contributed by atoms with Crippen LogP contribution in [0.3, 0.4) is 0 Å². The second kappa shape index (κ2) is 8.87. The zero-order valence-electron chi connectivity index (χ0n) is 16.6. The van der Waals surface area contributed by atoms with Gasteiger partial charge in [-0.3, -0.25) is 4.79 Å². The van der Waals surface area contributed by atoms with E-state index in [1.165, 1.54) is 0 Å². The number of piperidine rings is 1. The van der Waals surface area contributed by atoms with Crippen LogP contribution < -0.4 is 0 Å². The number of benzene rings is 1. The van der Waals surface area contributed by atoms with Gasteiger partial charge in [-0.2, -0.15) is 0 Å². The lowest BCUT2D eigenvalue weighted by Crippen LogP contribution is -2.44. The highest BCUT2D eigenvalue weighted by molar-refractivity contribution is 6.07. The van der Waals surface area contributed by atoms with Gasteiger partial charge < -0.3 is 24.2 Å². The van der Waals surface area contributed by atoms with E-state index in [4.69, 9.17) is 4.74 Å². The van der Waals surface area contributed by atoms with Gasteiger partial charge in [0.2, 0.25) is 0 Å². The van der Waals surface area contributed by atoms with Gasteiger partial charge in [0.15, 0.2) is 0 Å². The Kier molecular flexibility index (Phi) is 6.52. The Morgan fingerprint density at radius 1 is 1.33 bits per heavy atom. The predicted molar refractivity (Wildman–Crippen MR) is 107 cm³/mol. The summed E-state index contributed by atoms with van der Waals surface area (Å²) in [5, 5.41) is 11.5. The number of nitrogens with zero attached hydrogens (tertiary/aromatic N) is 3. The Bertz CT molecular complexity index is 765. The van der Waals surface area contributed by atoms with Crippen LogP contribution in [-0.2, 0) is 11.8 Å². The molecule has 27 heavy (non-hydrogen) atoms. The molecule has 6 nitrogen and oxygen atoms in total. The summed E-state index contributed by atoms with van der Waals surface area (Å²) in [6.07, 6.45) is 3.26. The molecule has 1 N–H and O–H groups in total. The first-order chi connectivity index (χ1) is 13.0. The van der Waals surface area contributed by atoms with Crippen LogP contribution in [0.15, 0.2) is 30.5 Å². The van der Waals surface area contributed by atoms with Crippen molar-refractivity contribution in [2.24, 2.45) is 13.0 Å². The van der Waals surface area contributed by atoms with Gasteiger partial charge in [-0.1, -0.05) is 18.2 Å². The highest BCUT2D eigenvalue weighted by atomic mass is 16.5. The minimum atomic E-state index is -0.360. The molecule has 0 radical (unpaired) electrons. The number of aliphatic hydroxyl groups excluding tert-OH is 1. The lowest BCUT2D eigenvalue weighted by molar-refractivity contribution is 0.0293. The molecule has 1 unspecified atom stereocenters. The molecule has 2 heterocycles. The lowest BCUT2D eigenvalue weighted by Gasteiger charge is -2.35. The highest BCUT2D eigenvalue weighted by Gasteiger charge is 2.29. The van der Waals surface area contributed by atoms with E-state index in [0.29, 0.717) is 26.2 Å². The van der Waals surface area contributed by atoms with Crippen molar-refractivity contribution in [2.45, 2.75) is 18.9 Å². The normalized spacial score (nSPS) is 17.0. The Hall–Kier alpha value is -1.89. The molecule has 1 aromatic carbocycles. The van der Waals surface area contributed by atoms with Crippen LogP contribution in [0, 0.1) is 5.92 Å². The van der Waals surface area contributed by atoms with Crippen LogP contribution in [0.4, 0.5) is 0 Å². The summed E-state index contributed by atoms with van der Waals surface area (Å²) in [7, 11) is 5.66. The molecule has 2 aromatic rings. The molecule has 0 spiro atoms. The number of methoxy groups -OCH3 is 1. The third-order valence-electron chi connectivity index (χ3n) is 5.67. The first-order valence-corrected chi connectivity index (χ1v) is 9.70. The average molecular weight is 373 g/mol. The van der Waals surface area contributed by atoms with Gasteiger partial charge in [0, 0.05) is 57.4 Å². The van der Waals surface area contributed by atoms with Crippen molar-refractivity contribution in [1.29, 1.82) is 0 Å². The summed E-state index contributed by atoms with van der Waals surface area (Å²) in [4.78, 5) is 17.1. The molecule has 1 aliphatic rings. The fourth-order valence-corrected chi connectivity index (χ4v) is 3.98. The second-order valence-electron chi connectivity index (χ2n) is 7.62. The zero-order chi connectivity index (χ0) is 19.4. The number of hydrogen-bond donors (Lipinski definition) is 1. The molecule has 1 aromatic heterocycles. The van der Waals surface area contributed by atoms with E-state index in [1.807, 2.05) is 54.0 Å². The molecule has 1 fully saturated rings. The molecule has 3 rings (SSSR count). The fraction of sp³-hybridized carbons (Fsp3) is 0.571. The number of aryl methyl sites for hydroxylation is 1. The first-order valence-electron chi connectivity index (χ1n) is 9.70. The molecular formula is C21H31N3O3. The van der Waals surface area contributed by atoms with Crippen molar-refractivity contribution in [3.05, 3.63) is 36.0 Å². The van der Waals surface area contributed by atoms with E-state index in [1.54, 1.807) is 7.11 Å². The average Bonchev–Trinajstić information content (AvgIpc) is 3.03. The predicted octanol–water partition coefficient (Wildman–Crippen LogP) is 1.97. The number of hydrogen-bond acceptors (Lipinski definition) is 4. The number of likely N-dealkylation sites (tertiary alicyclic amines) is 1. The summed E-state index contributed by atoms with van der Waals surface area (Å²) in [6.45, 7) is 3.52. The molecule has 1 amide bonds. The molecule has 1 saturated heterocycles. The van der Waals surface area contributed by atoms with Gasteiger partial charge in [0.25, 0.3) is 5.91 Å². The van der Waals surface area contributed by atoms with E-state index < -0.39 is 0 Å². The summed E-state index contributed by atoms with van der Waals surface area (Å²) >= 11 is 0. The maximum Gasteiger partial charge on any atom is 0.256 e. The van der Waals surface area contributed by atoms with E-state index in [-0.39, 0.29) is 17.9 Å². The summed E-state index contributed by atoms with van der Waals surface area (Å²) in [5.41, 5.74) is 1.84. The maximum absolute atomic E-state index is 13.0. The quantitative estimate of drug-likeness (QED) is 0.806. The Balaban J connectivity index is 1.58. The number of amides is 1. The summed E-state index contributed by atoms with van der Waals surface area (Å²) in [5.74, 6) is 0.337. The van der Waals surface area contributed by atoms with Crippen LogP contribution in [0.1, 0.15) is 23.2 Å². The van der Waals surface area contributed by atoms with Crippen molar-refractivity contribution >= 4 is 16.8 Å². The molecule has 1 atom stereocenters. The van der Waals surface area contributed by atoms with Crippen LogP contribution >= 0.6 is 0 Å². The van der Waals surface area contributed by atoms with Crippen LogP contribution in [0.25, 0.3) is 10.9 Å². The standard InChI is InChI=1S/C21H31N3O3/c1-22(12-13-27-3)15-20(25)16-8-10-24(11-9-16)21(26)18-14-23(2)19-7-5-4-6-17(18)19/h4-7,14,16,20,25H,8-13,15H2,1-3H3. The number of likely N-dealkylation sites (N-methyl/N-ethyl adjacent to an activating group) is 1. The Morgan fingerprint density at radius 2 is 2.04 bits per heavy atom. The number of ether oxygens (including phenoxy) is 1. The van der Waals surface area contributed by atoms with Crippen molar-refractivity contribution in [3.63, 3.8) is 0 Å². The van der Waals surface area contributed by atoms with E-state index in [2.05, 4.69) is 4.90 Å². The van der Waals surface area contributed by atoms with Crippen molar-refractivity contribution in [3.8, 4) is 0 Å². The summed E-state index contributed by atoms with van der Waals surface area (Å²) in [6, 6.07) is 8.01. The number of aromatic nitrogens is 1. The van der Waals surface area contributed by atoms with Crippen LogP contribution in [0.2, 0.25) is 0 Å². The zero-order valence-corrected chi connectivity index (χ0v) is 16.6. The smallest absolute Gasteiger partial charge is 0.256 e. The minimum absolute atomic E-state index is 0.0944. The third kappa shape index (κ3) is 4.51. The third-order valence-corrected chi connectivity index (χ3v) is 5.67. The number of aliphatic hydroxyl groups is 1. The van der Waals surface area contributed by atoms with Crippen molar-refractivity contribution < 1.29 is 14.6 Å². The number of rotatable bonds is 7.